The second-order valence-corrected chi connectivity index (χ2v) is 3.26. The van der Waals surface area contributed by atoms with Crippen molar-refractivity contribution in [3.8, 4) is 0 Å². The van der Waals surface area contributed by atoms with E-state index in [0.717, 1.165) is 23.2 Å². The first-order valence-electron chi connectivity index (χ1n) is 4.71. The largest absolute Gasteiger partial charge is 0.294 e. The van der Waals surface area contributed by atoms with Crippen molar-refractivity contribution < 1.29 is 4.79 Å². The molecule has 0 radical (unpaired) electrons. The van der Waals surface area contributed by atoms with Crippen molar-refractivity contribution in [2.45, 2.75) is 20.3 Å². The molecule has 2 aromatic heterocycles. The monoisotopic (exact) mass is 188 g/mol. The minimum Gasteiger partial charge on any atom is -0.294 e. The molecule has 0 aliphatic carbocycles. The SMILES string of the molecule is CCc1nn2ccccc2c1C(C)=O. The van der Waals surface area contributed by atoms with Gasteiger partial charge in [-0.25, -0.2) is 4.52 Å². The zero-order chi connectivity index (χ0) is 10.1. The number of Topliss-reactive ketones (excluding diaryl/α,β-unsaturated/α-hetero) is 1. The van der Waals surface area contributed by atoms with Gasteiger partial charge in [0.25, 0.3) is 0 Å². The van der Waals surface area contributed by atoms with E-state index in [9.17, 15) is 4.79 Å². The quantitative estimate of drug-likeness (QED) is 0.676. The van der Waals surface area contributed by atoms with Crippen LogP contribution < -0.4 is 0 Å². The van der Waals surface area contributed by atoms with Crippen LogP contribution >= 0.6 is 0 Å². The molecule has 0 fully saturated rings. The maximum atomic E-state index is 11.4. The number of aromatic nitrogens is 2. The Balaban J connectivity index is 2.81. The van der Waals surface area contributed by atoms with Gasteiger partial charge in [-0.2, -0.15) is 5.10 Å². The molecule has 0 aromatic carbocycles. The van der Waals surface area contributed by atoms with Gasteiger partial charge in [0.2, 0.25) is 0 Å². The van der Waals surface area contributed by atoms with Crippen molar-refractivity contribution in [2.75, 3.05) is 0 Å². The standard InChI is InChI=1S/C11H12N2O/c1-3-9-11(8(2)14)10-6-4-5-7-13(10)12-9/h4-7H,3H2,1-2H3. The van der Waals surface area contributed by atoms with Crippen molar-refractivity contribution in [1.82, 2.24) is 9.61 Å². The highest BCUT2D eigenvalue weighted by Gasteiger charge is 2.13. The van der Waals surface area contributed by atoms with Gasteiger partial charge in [-0.05, 0) is 25.5 Å². The van der Waals surface area contributed by atoms with Gasteiger partial charge in [0.1, 0.15) is 0 Å². The van der Waals surface area contributed by atoms with Crippen LogP contribution in [-0.4, -0.2) is 15.4 Å². The first-order chi connectivity index (χ1) is 6.74. The van der Waals surface area contributed by atoms with Gasteiger partial charge >= 0.3 is 0 Å². The smallest absolute Gasteiger partial charge is 0.163 e. The summed E-state index contributed by atoms with van der Waals surface area (Å²) in [7, 11) is 0. The Labute approximate surface area is 82.4 Å². The molecule has 0 saturated heterocycles. The Morgan fingerprint density at radius 2 is 2.29 bits per heavy atom. The molecule has 2 aromatic rings. The third-order valence-corrected chi connectivity index (χ3v) is 2.30. The Morgan fingerprint density at radius 3 is 2.93 bits per heavy atom. The van der Waals surface area contributed by atoms with Crippen LogP contribution in [0.4, 0.5) is 0 Å². The minimum atomic E-state index is 0.0862. The van der Waals surface area contributed by atoms with Crippen LogP contribution in [0.15, 0.2) is 24.4 Å². The van der Waals surface area contributed by atoms with Gasteiger partial charge < -0.3 is 0 Å². The Bertz CT molecular complexity index is 485. The first-order valence-corrected chi connectivity index (χ1v) is 4.71. The van der Waals surface area contributed by atoms with Crippen molar-refractivity contribution in [3.63, 3.8) is 0 Å². The third-order valence-electron chi connectivity index (χ3n) is 2.30. The predicted octanol–water partition coefficient (Wildman–Crippen LogP) is 2.10. The van der Waals surface area contributed by atoms with Gasteiger partial charge in [-0.1, -0.05) is 13.0 Å². The average Bonchev–Trinajstić information content (AvgIpc) is 2.55. The molecule has 3 nitrogen and oxygen atoms in total. The number of aryl methyl sites for hydroxylation is 1. The highest BCUT2D eigenvalue weighted by molar-refractivity contribution is 6.01. The normalized spacial score (nSPS) is 10.7. The van der Waals surface area contributed by atoms with Gasteiger partial charge in [-0.15, -0.1) is 0 Å². The molecule has 0 saturated carbocycles. The van der Waals surface area contributed by atoms with Gasteiger partial charge in [-0.3, -0.25) is 4.79 Å². The summed E-state index contributed by atoms with van der Waals surface area (Å²) in [6.07, 6.45) is 2.65. The second kappa shape index (κ2) is 3.25. The Hall–Kier alpha value is -1.64. The van der Waals surface area contributed by atoms with Crippen molar-refractivity contribution in [1.29, 1.82) is 0 Å². The maximum Gasteiger partial charge on any atom is 0.163 e. The van der Waals surface area contributed by atoms with Crippen LogP contribution in [0.2, 0.25) is 0 Å². The predicted molar refractivity (Wildman–Crippen MR) is 54.6 cm³/mol. The average molecular weight is 188 g/mol. The lowest BCUT2D eigenvalue weighted by molar-refractivity contribution is 0.101. The lowest BCUT2D eigenvalue weighted by Crippen LogP contribution is -1.95. The number of hydrogen-bond donors (Lipinski definition) is 0. The molecule has 0 aliphatic heterocycles. The van der Waals surface area contributed by atoms with E-state index < -0.39 is 0 Å². The van der Waals surface area contributed by atoms with E-state index >= 15 is 0 Å². The molecule has 0 atom stereocenters. The molecule has 72 valence electrons. The van der Waals surface area contributed by atoms with Crippen LogP contribution in [0.3, 0.4) is 0 Å². The summed E-state index contributed by atoms with van der Waals surface area (Å²) in [5, 5.41) is 4.35. The zero-order valence-electron chi connectivity index (χ0n) is 8.32. The Kier molecular flexibility index (Phi) is 2.08. The van der Waals surface area contributed by atoms with E-state index in [1.54, 1.807) is 11.4 Å². The summed E-state index contributed by atoms with van der Waals surface area (Å²) in [6, 6.07) is 5.75. The number of fused-ring (bicyclic) bond motifs is 1. The molecule has 2 rings (SSSR count). The molecule has 0 N–H and O–H groups in total. The summed E-state index contributed by atoms with van der Waals surface area (Å²) >= 11 is 0. The highest BCUT2D eigenvalue weighted by atomic mass is 16.1. The second-order valence-electron chi connectivity index (χ2n) is 3.26. The number of hydrogen-bond acceptors (Lipinski definition) is 2. The molecule has 0 bridgehead atoms. The molecule has 0 aliphatic rings. The number of nitrogens with zero attached hydrogens (tertiary/aromatic N) is 2. The van der Waals surface area contributed by atoms with Crippen LogP contribution in [0.25, 0.3) is 5.52 Å². The number of carbonyl (C=O) groups is 1. The summed E-state index contributed by atoms with van der Waals surface area (Å²) in [6.45, 7) is 3.59. The van der Waals surface area contributed by atoms with E-state index in [0.29, 0.717) is 0 Å². The summed E-state index contributed by atoms with van der Waals surface area (Å²) < 4.78 is 1.76. The van der Waals surface area contributed by atoms with Crippen molar-refractivity contribution >= 4 is 11.3 Å². The van der Waals surface area contributed by atoms with Crippen LogP contribution in [0, 0.1) is 0 Å². The topological polar surface area (TPSA) is 34.4 Å². The molecular weight excluding hydrogens is 176 g/mol. The molecule has 3 heteroatoms. The van der Waals surface area contributed by atoms with Gasteiger partial charge in [0.05, 0.1) is 16.8 Å². The summed E-state index contributed by atoms with van der Waals surface area (Å²) in [5.74, 6) is 0.0862. The maximum absolute atomic E-state index is 11.4. The van der Waals surface area contributed by atoms with E-state index in [4.69, 9.17) is 0 Å². The minimum absolute atomic E-state index is 0.0862. The molecule has 0 spiro atoms. The lowest BCUT2D eigenvalue weighted by Gasteiger charge is -1.94. The number of rotatable bonds is 2. The molecule has 2 heterocycles. The molecule has 0 unspecified atom stereocenters. The van der Waals surface area contributed by atoms with Gasteiger partial charge in [0.15, 0.2) is 5.78 Å². The fourth-order valence-electron chi connectivity index (χ4n) is 1.68. The molecule has 14 heavy (non-hydrogen) atoms. The molecular formula is C11H12N2O. The highest BCUT2D eigenvalue weighted by Crippen LogP contribution is 2.16. The Morgan fingerprint density at radius 1 is 1.50 bits per heavy atom. The number of carbonyl (C=O) groups excluding carboxylic acids is 1. The van der Waals surface area contributed by atoms with Crippen molar-refractivity contribution in [3.05, 3.63) is 35.7 Å². The fourth-order valence-corrected chi connectivity index (χ4v) is 1.68. The number of pyridine rings is 1. The number of ketones is 1. The van der Waals surface area contributed by atoms with E-state index in [1.807, 2.05) is 31.3 Å². The van der Waals surface area contributed by atoms with Crippen LogP contribution in [-0.2, 0) is 6.42 Å². The fraction of sp³-hybridized carbons (Fsp3) is 0.273. The summed E-state index contributed by atoms with van der Waals surface area (Å²) in [5.41, 5.74) is 2.54. The van der Waals surface area contributed by atoms with E-state index in [1.165, 1.54) is 0 Å². The van der Waals surface area contributed by atoms with Crippen LogP contribution in [0.1, 0.15) is 29.9 Å². The molecule has 0 amide bonds. The van der Waals surface area contributed by atoms with Crippen LogP contribution in [0.5, 0.6) is 0 Å². The lowest BCUT2D eigenvalue weighted by atomic mass is 10.1. The summed E-state index contributed by atoms with van der Waals surface area (Å²) in [4.78, 5) is 11.4. The van der Waals surface area contributed by atoms with Crippen molar-refractivity contribution in [2.24, 2.45) is 0 Å². The first kappa shape index (κ1) is 8.94. The van der Waals surface area contributed by atoms with E-state index in [-0.39, 0.29) is 5.78 Å². The van der Waals surface area contributed by atoms with Gasteiger partial charge in [0, 0.05) is 6.20 Å². The zero-order valence-corrected chi connectivity index (χ0v) is 8.32. The third kappa shape index (κ3) is 1.21. The van der Waals surface area contributed by atoms with E-state index in [2.05, 4.69) is 5.10 Å².